The molecule has 0 saturated heterocycles. The van der Waals surface area contributed by atoms with Crippen LogP contribution in [0, 0.1) is 25.5 Å². The maximum atomic E-state index is 14.5. The molecule has 1 atom stereocenters. The van der Waals surface area contributed by atoms with Crippen LogP contribution in [-0.2, 0) is 6.42 Å². The van der Waals surface area contributed by atoms with E-state index in [1.807, 2.05) is 42.8 Å². The summed E-state index contributed by atoms with van der Waals surface area (Å²) in [4.78, 5) is 17.7. The van der Waals surface area contributed by atoms with Gasteiger partial charge in [0.25, 0.3) is 5.56 Å². The highest BCUT2D eigenvalue weighted by Gasteiger charge is 2.28. The number of halogens is 2. The second kappa shape index (κ2) is 8.63. The van der Waals surface area contributed by atoms with Crippen LogP contribution in [0.3, 0.4) is 0 Å². The van der Waals surface area contributed by atoms with Gasteiger partial charge in [-0.1, -0.05) is 18.2 Å². The summed E-state index contributed by atoms with van der Waals surface area (Å²) in [7, 11) is 0. The van der Waals surface area contributed by atoms with E-state index in [0.29, 0.717) is 17.9 Å². The molecule has 4 aromatic rings. The van der Waals surface area contributed by atoms with Crippen LogP contribution in [0.15, 0.2) is 59.8 Å². The molecule has 0 radical (unpaired) electrons. The van der Waals surface area contributed by atoms with Crippen molar-refractivity contribution in [2.75, 3.05) is 0 Å². The van der Waals surface area contributed by atoms with Gasteiger partial charge >= 0.3 is 0 Å². The molecule has 1 aliphatic rings. The summed E-state index contributed by atoms with van der Waals surface area (Å²) in [6.45, 7) is 5.70. The van der Waals surface area contributed by atoms with Gasteiger partial charge in [-0.15, -0.1) is 0 Å². The minimum Gasteiger partial charge on any atom is -0.306 e. The second-order valence-corrected chi connectivity index (χ2v) is 9.18. The van der Waals surface area contributed by atoms with Crippen LogP contribution in [0.25, 0.3) is 5.69 Å². The van der Waals surface area contributed by atoms with Crippen LogP contribution in [0.4, 0.5) is 8.78 Å². The predicted molar refractivity (Wildman–Crippen MR) is 126 cm³/mol. The molecule has 34 heavy (non-hydrogen) atoms. The van der Waals surface area contributed by atoms with Gasteiger partial charge in [-0.05, 0) is 62.9 Å². The summed E-state index contributed by atoms with van der Waals surface area (Å²) < 4.78 is 31.2. The zero-order chi connectivity index (χ0) is 24.0. The van der Waals surface area contributed by atoms with Crippen LogP contribution < -0.4 is 5.56 Å². The van der Waals surface area contributed by atoms with Crippen molar-refractivity contribution in [1.29, 1.82) is 0 Å². The molecule has 1 saturated carbocycles. The Hall–Kier alpha value is -3.61. The molecule has 2 aromatic carbocycles. The Bertz CT molecular complexity index is 1440. The van der Waals surface area contributed by atoms with Crippen molar-refractivity contribution in [3.8, 4) is 5.69 Å². The fourth-order valence-electron chi connectivity index (χ4n) is 4.42. The summed E-state index contributed by atoms with van der Waals surface area (Å²) in [6.07, 6.45) is 6.27. The fraction of sp³-hybridized carbons (Fsp3) is 0.296. The van der Waals surface area contributed by atoms with Crippen LogP contribution in [0.5, 0.6) is 0 Å². The normalized spacial score (nSPS) is 14.4. The molecular formula is C27H26F2N4O. The van der Waals surface area contributed by atoms with Crippen molar-refractivity contribution >= 4 is 0 Å². The van der Waals surface area contributed by atoms with E-state index in [0.717, 1.165) is 47.1 Å². The van der Waals surface area contributed by atoms with Gasteiger partial charge < -0.3 is 4.57 Å². The summed E-state index contributed by atoms with van der Waals surface area (Å²) >= 11 is 0. The number of hydrogen-bond acceptors (Lipinski definition) is 3. The summed E-state index contributed by atoms with van der Waals surface area (Å²) in [5.41, 5.74) is 5.53. The summed E-state index contributed by atoms with van der Waals surface area (Å²) in [5, 5.41) is 4.58. The van der Waals surface area contributed by atoms with Crippen LogP contribution >= 0.6 is 0 Å². The lowest BCUT2D eigenvalue weighted by Gasteiger charge is -2.18. The highest BCUT2D eigenvalue weighted by Crippen LogP contribution is 2.39. The molecule has 1 fully saturated rings. The zero-order valence-corrected chi connectivity index (χ0v) is 19.4. The molecule has 5 nitrogen and oxygen atoms in total. The van der Waals surface area contributed by atoms with E-state index in [-0.39, 0.29) is 11.1 Å². The smallest absolute Gasteiger partial charge is 0.270 e. The lowest BCUT2D eigenvalue weighted by Crippen LogP contribution is -2.31. The number of nitrogens with zero attached hydrogens (tertiary/aromatic N) is 4. The largest absolute Gasteiger partial charge is 0.306 e. The molecule has 0 aliphatic heterocycles. The molecule has 2 aromatic heterocycles. The highest BCUT2D eigenvalue weighted by molar-refractivity contribution is 5.44. The molecule has 7 heteroatoms. The maximum Gasteiger partial charge on any atom is 0.270 e. The van der Waals surface area contributed by atoms with Gasteiger partial charge in [0.1, 0.15) is 11.6 Å². The first kappa shape index (κ1) is 22.2. The monoisotopic (exact) mass is 460 g/mol. The molecule has 0 spiro atoms. The minimum atomic E-state index is -0.680. The van der Waals surface area contributed by atoms with Gasteiger partial charge in [-0.2, -0.15) is 5.10 Å². The molecule has 174 valence electrons. The van der Waals surface area contributed by atoms with E-state index >= 15 is 0 Å². The Morgan fingerprint density at radius 3 is 2.53 bits per heavy atom. The lowest BCUT2D eigenvalue weighted by molar-refractivity contribution is 0.484. The molecule has 2 heterocycles. The first-order chi connectivity index (χ1) is 16.3. The van der Waals surface area contributed by atoms with E-state index < -0.39 is 17.7 Å². The number of benzene rings is 2. The maximum absolute atomic E-state index is 14.5. The first-order valence-corrected chi connectivity index (χ1v) is 11.5. The number of imidazole rings is 1. The van der Waals surface area contributed by atoms with Crippen LogP contribution in [0.2, 0.25) is 0 Å². The highest BCUT2D eigenvalue weighted by atomic mass is 19.1. The van der Waals surface area contributed by atoms with E-state index in [4.69, 9.17) is 0 Å². The quantitative estimate of drug-likeness (QED) is 0.387. The number of rotatable bonds is 6. The predicted octanol–water partition coefficient (Wildman–Crippen LogP) is 5.40. The Labute approximate surface area is 196 Å². The van der Waals surface area contributed by atoms with Gasteiger partial charge in [-0.3, -0.25) is 4.79 Å². The topological polar surface area (TPSA) is 52.7 Å². The molecular weight excluding hydrogens is 434 g/mol. The number of aryl methyl sites for hydroxylation is 2. The Morgan fingerprint density at radius 2 is 1.88 bits per heavy atom. The lowest BCUT2D eigenvalue weighted by atomic mass is 10.0. The van der Waals surface area contributed by atoms with Crippen LogP contribution in [-0.4, -0.2) is 19.3 Å². The summed E-state index contributed by atoms with van der Waals surface area (Å²) in [6, 6.07) is 10.8. The van der Waals surface area contributed by atoms with Crippen molar-refractivity contribution in [2.24, 2.45) is 0 Å². The van der Waals surface area contributed by atoms with Crippen molar-refractivity contribution in [2.45, 2.75) is 52.0 Å². The van der Waals surface area contributed by atoms with Gasteiger partial charge in [0, 0.05) is 41.4 Å². The van der Waals surface area contributed by atoms with E-state index in [1.54, 1.807) is 13.3 Å². The minimum absolute atomic E-state index is 0.241. The third-order valence-electron chi connectivity index (χ3n) is 6.45. The Balaban J connectivity index is 1.51. The van der Waals surface area contributed by atoms with Gasteiger partial charge in [0.05, 0.1) is 23.8 Å². The number of hydrogen-bond donors (Lipinski definition) is 0. The third kappa shape index (κ3) is 4.30. The molecule has 5 rings (SSSR count). The SMILES string of the molecule is Cc1cn(-c2ccc(Cc3cc(C4CC4)nn([C@@H](C)c4ccc(F)cc4F)c3=O)cc2C)cn1. The van der Waals surface area contributed by atoms with Crippen molar-refractivity contribution in [3.05, 3.63) is 111 Å². The molecule has 0 unspecified atom stereocenters. The third-order valence-corrected chi connectivity index (χ3v) is 6.45. The molecule has 0 N–H and O–H groups in total. The Morgan fingerprint density at radius 1 is 1.09 bits per heavy atom. The fourth-order valence-corrected chi connectivity index (χ4v) is 4.42. The average molecular weight is 461 g/mol. The second-order valence-electron chi connectivity index (χ2n) is 9.18. The first-order valence-electron chi connectivity index (χ1n) is 11.5. The van der Waals surface area contributed by atoms with Gasteiger partial charge in [0.15, 0.2) is 0 Å². The molecule has 0 bridgehead atoms. The Kier molecular flexibility index (Phi) is 5.63. The average Bonchev–Trinajstić information content (AvgIpc) is 3.56. The van der Waals surface area contributed by atoms with Crippen molar-refractivity contribution in [3.63, 3.8) is 0 Å². The van der Waals surface area contributed by atoms with E-state index in [2.05, 4.69) is 16.1 Å². The van der Waals surface area contributed by atoms with E-state index in [1.165, 1.54) is 16.8 Å². The van der Waals surface area contributed by atoms with Gasteiger partial charge in [-0.25, -0.2) is 18.4 Å². The van der Waals surface area contributed by atoms with Gasteiger partial charge in [0.2, 0.25) is 0 Å². The van der Waals surface area contributed by atoms with Crippen molar-refractivity contribution < 1.29 is 8.78 Å². The molecule has 1 aliphatic carbocycles. The van der Waals surface area contributed by atoms with Crippen molar-refractivity contribution in [1.82, 2.24) is 19.3 Å². The zero-order valence-electron chi connectivity index (χ0n) is 19.4. The van der Waals surface area contributed by atoms with Crippen LogP contribution in [0.1, 0.15) is 65.4 Å². The van der Waals surface area contributed by atoms with E-state index in [9.17, 15) is 13.6 Å². The standard InChI is InChI=1S/C27H26F2N4O/c1-16-10-19(4-9-26(16)32-14-17(2)30-15-32)11-21-12-25(20-5-6-20)31-33(27(21)34)18(3)23-8-7-22(28)13-24(23)29/h4,7-10,12-15,18,20H,5-6,11H2,1-3H3/t18-/m0/s1. The molecule has 0 amide bonds. The number of aromatic nitrogens is 4. The summed E-state index contributed by atoms with van der Waals surface area (Å²) in [5.74, 6) is -1.00.